The first kappa shape index (κ1) is 27.1. The van der Waals surface area contributed by atoms with Crippen LogP contribution >= 0.6 is 22.9 Å². The summed E-state index contributed by atoms with van der Waals surface area (Å²) in [7, 11) is 3.86. The standard InChI is InChI=1S/C32H38ClN3OS/c1-20-7-6-8-29-31(20)32(33)30(38-29)19-36(27-12-10-26(34-4)11-13-27)18-25-17-23(9-14-28(25)37-5)24-15-21(2)35-22(3)16-24/h6-9,14-17,26-27,34H,10-13,18-19H2,1-5H3. The molecule has 0 saturated heterocycles. The number of hydrogen-bond acceptors (Lipinski definition) is 5. The van der Waals surface area contributed by atoms with E-state index in [1.54, 1.807) is 7.11 Å². The topological polar surface area (TPSA) is 37.4 Å². The number of benzene rings is 2. The summed E-state index contributed by atoms with van der Waals surface area (Å²) in [4.78, 5) is 8.46. The van der Waals surface area contributed by atoms with Crippen LogP contribution in [0.5, 0.6) is 5.75 Å². The molecule has 1 N–H and O–H groups in total. The second kappa shape index (κ2) is 11.7. The van der Waals surface area contributed by atoms with Gasteiger partial charge in [-0.1, -0.05) is 29.8 Å². The maximum atomic E-state index is 7.03. The Kier molecular flexibility index (Phi) is 8.39. The van der Waals surface area contributed by atoms with Crippen LogP contribution in [0, 0.1) is 20.8 Å². The molecule has 38 heavy (non-hydrogen) atoms. The molecule has 0 radical (unpaired) electrons. The third kappa shape index (κ3) is 5.76. The molecule has 6 heteroatoms. The molecular formula is C32H38ClN3OS. The van der Waals surface area contributed by atoms with Crippen LogP contribution in [0.15, 0.2) is 48.5 Å². The van der Waals surface area contributed by atoms with Crippen molar-refractivity contribution in [3.63, 3.8) is 0 Å². The first-order valence-electron chi connectivity index (χ1n) is 13.6. The van der Waals surface area contributed by atoms with Gasteiger partial charge in [0.2, 0.25) is 0 Å². The number of rotatable bonds is 8. The summed E-state index contributed by atoms with van der Waals surface area (Å²) in [6.45, 7) is 7.92. The Morgan fingerprint density at radius 1 is 0.974 bits per heavy atom. The van der Waals surface area contributed by atoms with Gasteiger partial charge in [-0.05, 0) is 101 Å². The van der Waals surface area contributed by atoms with Gasteiger partial charge in [0.05, 0.1) is 12.1 Å². The minimum Gasteiger partial charge on any atom is -0.496 e. The Balaban J connectivity index is 1.50. The quantitative estimate of drug-likeness (QED) is 0.242. The number of aromatic nitrogens is 1. The summed E-state index contributed by atoms with van der Waals surface area (Å²) < 4.78 is 7.14. The fourth-order valence-corrected chi connectivity index (χ4v) is 7.64. The van der Waals surface area contributed by atoms with Crippen molar-refractivity contribution in [1.82, 2.24) is 15.2 Å². The van der Waals surface area contributed by atoms with Crippen molar-refractivity contribution in [3.05, 3.63) is 80.9 Å². The molecule has 1 aliphatic rings. The number of aryl methyl sites for hydroxylation is 3. The second-order valence-electron chi connectivity index (χ2n) is 10.7. The molecule has 0 bridgehead atoms. The highest BCUT2D eigenvalue weighted by atomic mass is 35.5. The van der Waals surface area contributed by atoms with Gasteiger partial charge in [0.15, 0.2) is 0 Å². The summed E-state index contributed by atoms with van der Waals surface area (Å²) in [5, 5.41) is 5.61. The molecule has 0 aliphatic heterocycles. The minimum absolute atomic E-state index is 0.501. The first-order valence-corrected chi connectivity index (χ1v) is 14.8. The minimum atomic E-state index is 0.501. The SMILES string of the molecule is CNC1CCC(N(Cc2cc(-c3cc(C)nc(C)c3)ccc2OC)Cc2sc3cccc(C)c3c2Cl)CC1. The fourth-order valence-electron chi connectivity index (χ4n) is 5.96. The number of halogens is 1. The van der Waals surface area contributed by atoms with E-state index in [4.69, 9.17) is 16.3 Å². The molecule has 0 amide bonds. The van der Waals surface area contributed by atoms with Gasteiger partial charge in [-0.3, -0.25) is 9.88 Å². The molecule has 4 nitrogen and oxygen atoms in total. The number of pyridine rings is 1. The van der Waals surface area contributed by atoms with Crippen molar-refractivity contribution >= 4 is 33.0 Å². The lowest BCUT2D eigenvalue weighted by molar-refractivity contribution is 0.130. The predicted molar refractivity (Wildman–Crippen MR) is 162 cm³/mol. The van der Waals surface area contributed by atoms with E-state index in [1.807, 2.05) is 11.3 Å². The Bertz CT molecular complexity index is 1400. The van der Waals surface area contributed by atoms with Crippen molar-refractivity contribution in [1.29, 1.82) is 0 Å². The molecule has 0 atom stereocenters. The molecular weight excluding hydrogens is 510 g/mol. The zero-order valence-electron chi connectivity index (χ0n) is 23.1. The van der Waals surface area contributed by atoms with E-state index in [1.165, 1.54) is 62.9 Å². The van der Waals surface area contributed by atoms with Crippen molar-refractivity contribution in [2.45, 2.75) is 71.6 Å². The highest BCUT2D eigenvalue weighted by Gasteiger charge is 2.28. The molecule has 2 heterocycles. The molecule has 2 aromatic heterocycles. The van der Waals surface area contributed by atoms with Crippen molar-refractivity contribution in [3.8, 4) is 16.9 Å². The average molecular weight is 548 g/mol. The van der Waals surface area contributed by atoms with Gasteiger partial charge in [-0.2, -0.15) is 0 Å². The first-order chi connectivity index (χ1) is 18.4. The van der Waals surface area contributed by atoms with E-state index in [0.717, 1.165) is 35.2 Å². The Labute approximate surface area is 236 Å². The lowest BCUT2D eigenvalue weighted by Crippen LogP contribution is -2.41. The summed E-state index contributed by atoms with van der Waals surface area (Å²) in [6.07, 6.45) is 4.75. The van der Waals surface area contributed by atoms with Gasteiger partial charge in [0.25, 0.3) is 0 Å². The van der Waals surface area contributed by atoms with Crippen molar-refractivity contribution < 1.29 is 4.74 Å². The number of nitrogens with zero attached hydrogens (tertiary/aromatic N) is 2. The van der Waals surface area contributed by atoms with Crippen LogP contribution in [0.4, 0.5) is 0 Å². The van der Waals surface area contributed by atoms with Gasteiger partial charge < -0.3 is 10.1 Å². The number of methoxy groups -OCH3 is 1. The third-order valence-electron chi connectivity index (χ3n) is 7.97. The van der Waals surface area contributed by atoms with Crippen molar-refractivity contribution in [2.24, 2.45) is 0 Å². The molecule has 200 valence electrons. The van der Waals surface area contributed by atoms with Crippen LogP contribution in [-0.4, -0.2) is 36.1 Å². The van der Waals surface area contributed by atoms with E-state index in [9.17, 15) is 0 Å². The Morgan fingerprint density at radius 2 is 1.71 bits per heavy atom. The third-order valence-corrected chi connectivity index (χ3v) is 9.64. The highest BCUT2D eigenvalue weighted by molar-refractivity contribution is 7.19. The summed E-state index contributed by atoms with van der Waals surface area (Å²) in [6, 6.07) is 18.5. The summed E-state index contributed by atoms with van der Waals surface area (Å²) >= 11 is 8.87. The second-order valence-corrected chi connectivity index (χ2v) is 12.2. The van der Waals surface area contributed by atoms with Crippen LogP contribution in [0.3, 0.4) is 0 Å². The largest absolute Gasteiger partial charge is 0.496 e. The zero-order valence-corrected chi connectivity index (χ0v) is 24.7. The van der Waals surface area contributed by atoms with Crippen LogP contribution in [0.25, 0.3) is 21.2 Å². The lowest BCUT2D eigenvalue weighted by Gasteiger charge is -2.37. The van der Waals surface area contributed by atoms with Crippen LogP contribution in [0.2, 0.25) is 5.02 Å². The maximum absolute atomic E-state index is 7.03. The average Bonchev–Trinajstić information content (AvgIpc) is 3.23. The lowest BCUT2D eigenvalue weighted by atomic mass is 9.89. The van der Waals surface area contributed by atoms with Gasteiger partial charge in [-0.25, -0.2) is 0 Å². The monoisotopic (exact) mass is 547 g/mol. The molecule has 0 spiro atoms. The van der Waals surface area contributed by atoms with Crippen LogP contribution < -0.4 is 10.1 Å². The Morgan fingerprint density at radius 3 is 2.37 bits per heavy atom. The highest BCUT2D eigenvalue weighted by Crippen LogP contribution is 2.40. The number of fused-ring (bicyclic) bond motifs is 1. The van der Waals surface area contributed by atoms with Gasteiger partial charge in [0, 0.05) is 57.1 Å². The van der Waals surface area contributed by atoms with E-state index in [-0.39, 0.29) is 0 Å². The van der Waals surface area contributed by atoms with Gasteiger partial charge >= 0.3 is 0 Å². The molecule has 1 saturated carbocycles. The van der Waals surface area contributed by atoms with E-state index in [0.29, 0.717) is 12.1 Å². The molecule has 1 fully saturated rings. The van der Waals surface area contributed by atoms with Gasteiger partial charge in [-0.15, -0.1) is 11.3 Å². The number of thiophene rings is 1. The van der Waals surface area contributed by atoms with Crippen molar-refractivity contribution in [2.75, 3.05) is 14.2 Å². The number of hydrogen-bond donors (Lipinski definition) is 1. The summed E-state index contributed by atoms with van der Waals surface area (Å²) in [5.41, 5.74) is 6.92. The van der Waals surface area contributed by atoms with E-state index >= 15 is 0 Å². The zero-order chi connectivity index (χ0) is 26.8. The Hall–Kier alpha value is -2.44. The molecule has 2 aromatic carbocycles. The summed E-state index contributed by atoms with van der Waals surface area (Å²) in [5.74, 6) is 0.934. The van der Waals surface area contributed by atoms with Crippen LogP contribution in [0.1, 0.15) is 53.1 Å². The number of nitrogens with one attached hydrogen (secondary N) is 1. The normalized spacial score (nSPS) is 17.9. The van der Waals surface area contributed by atoms with Crippen LogP contribution in [-0.2, 0) is 13.1 Å². The maximum Gasteiger partial charge on any atom is 0.123 e. The molecule has 5 rings (SSSR count). The molecule has 4 aromatic rings. The fraction of sp³-hybridized carbons (Fsp3) is 0.406. The number of ether oxygens (including phenoxy) is 1. The smallest absolute Gasteiger partial charge is 0.123 e. The predicted octanol–water partition coefficient (Wildman–Crippen LogP) is 8.08. The van der Waals surface area contributed by atoms with Gasteiger partial charge in [0.1, 0.15) is 5.75 Å². The van der Waals surface area contributed by atoms with E-state index < -0.39 is 0 Å². The molecule has 1 aliphatic carbocycles. The molecule has 0 unspecified atom stereocenters. The van der Waals surface area contributed by atoms with E-state index in [2.05, 4.69) is 91.6 Å².